The summed E-state index contributed by atoms with van der Waals surface area (Å²) in [7, 11) is 0. The van der Waals surface area contributed by atoms with Gasteiger partial charge in [-0.1, -0.05) is 56.0 Å². The van der Waals surface area contributed by atoms with E-state index in [1.165, 1.54) is 37.7 Å². The van der Waals surface area contributed by atoms with Crippen LogP contribution in [-0.4, -0.2) is 12.6 Å². The van der Waals surface area contributed by atoms with E-state index >= 15 is 0 Å². The summed E-state index contributed by atoms with van der Waals surface area (Å²) in [5, 5.41) is 0. The van der Waals surface area contributed by atoms with Crippen LogP contribution >= 0.6 is 34.0 Å². The van der Waals surface area contributed by atoms with Crippen LogP contribution in [0.3, 0.4) is 0 Å². The van der Waals surface area contributed by atoms with Crippen molar-refractivity contribution in [2.24, 2.45) is 11.5 Å². The highest BCUT2D eigenvalue weighted by Gasteiger charge is 2.38. The first-order chi connectivity index (χ1) is 9.29. The summed E-state index contributed by atoms with van der Waals surface area (Å²) >= 11 is 0. The highest BCUT2D eigenvalue weighted by Crippen LogP contribution is 2.42. The van der Waals surface area contributed by atoms with E-state index in [-0.39, 0.29) is 45.4 Å². The minimum absolute atomic E-state index is 0. The number of benzene rings is 1. The number of rotatable bonds is 6. The molecule has 0 amide bonds. The smallest absolute Gasteiger partial charge is 0.0136 e. The van der Waals surface area contributed by atoms with Gasteiger partial charge in [-0.25, -0.2) is 0 Å². The predicted molar refractivity (Wildman–Crippen MR) is 103 cm³/mol. The van der Waals surface area contributed by atoms with Crippen molar-refractivity contribution in [1.29, 1.82) is 0 Å². The second kappa shape index (κ2) is 10.8. The molecule has 1 aliphatic rings. The third-order valence-corrected chi connectivity index (χ3v) is 4.77. The van der Waals surface area contributed by atoms with E-state index in [1.807, 2.05) is 0 Å². The normalized spacial score (nSPS) is 18.2. The highest BCUT2D eigenvalue weighted by atomic mass is 79.9. The summed E-state index contributed by atoms with van der Waals surface area (Å²) in [5.41, 5.74) is 13.9. The maximum absolute atomic E-state index is 6.62. The third kappa shape index (κ3) is 5.34. The van der Waals surface area contributed by atoms with Gasteiger partial charge >= 0.3 is 0 Å². The van der Waals surface area contributed by atoms with Gasteiger partial charge in [0.1, 0.15) is 0 Å². The van der Waals surface area contributed by atoms with Crippen LogP contribution in [0, 0.1) is 0 Å². The van der Waals surface area contributed by atoms with E-state index in [1.54, 1.807) is 0 Å². The minimum atomic E-state index is 0. The molecule has 1 saturated carbocycles. The van der Waals surface area contributed by atoms with Crippen molar-refractivity contribution in [1.82, 2.24) is 0 Å². The largest absolute Gasteiger partial charge is 0.330 e. The summed E-state index contributed by atoms with van der Waals surface area (Å²) in [6.07, 6.45) is 9.86. The molecule has 122 valence electrons. The molecule has 4 N–H and O–H groups in total. The average molecular weight is 422 g/mol. The van der Waals surface area contributed by atoms with Crippen molar-refractivity contribution < 1.29 is 0 Å². The molecule has 1 unspecified atom stereocenters. The molecule has 0 saturated heterocycles. The van der Waals surface area contributed by atoms with E-state index in [9.17, 15) is 0 Å². The lowest BCUT2D eigenvalue weighted by atomic mass is 9.64. The fourth-order valence-electron chi connectivity index (χ4n) is 3.61. The van der Waals surface area contributed by atoms with Crippen LogP contribution in [0.4, 0.5) is 0 Å². The molecule has 1 atom stereocenters. The Labute approximate surface area is 150 Å². The molecule has 0 bridgehead atoms. The molecule has 0 aromatic heterocycles. The molecule has 0 spiro atoms. The molecular formula is C17H30Br2N2. The first-order valence-corrected chi connectivity index (χ1v) is 7.81. The van der Waals surface area contributed by atoms with Crippen molar-refractivity contribution >= 4 is 34.0 Å². The Hall–Kier alpha value is 0.1000. The zero-order valence-corrected chi connectivity index (χ0v) is 16.2. The van der Waals surface area contributed by atoms with Crippen LogP contribution in [0.15, 0.2) is 30.3 Å². The van der Waals surface area contributed by atoms with Crippen LogP contribution in [0.25, 0.3) is 0 Å². The Morgan fingerprint density at radius 3 is 2.14 bits per heavy atom. The SMILES string of the molecule is Br.Br.NCCCCC(N)C1(c2ccccc2)CCCCC1. The molecule has 1 aromatic carbocycles. The lowest BCUT2D eigenvalue weighted by molar-refractivity contribution is 0.231. The molecule has 1 fully saturated rings. The first kappa shape index (κ1) is 21.1. The van der Waals surface area contributed by atoms with Crippen LogP contribution < -0.4 is 11.5 Å². The first-order valence-electron chi connectivity index (χ1n) is 7.81. The van der Waals surface area contributed by atoms with Gasteiger partial charge in [0.15, 0.2) is 0 Å². The van der Waals surface area contributed by atoms with Gasteiger partial charge in [0.25, 0.3) is 0 Å². The number of nitrogens with two attached hydrogens (primary N) is 2. The maximum Gasteiger partial charge on any atom is 0.0136 e. The minimum Gasteiger partial charge on any atom is -0.330 e. The maximum atomic E-state index is 6.62. The van der Waals surface area contributed by atoms with Crippen molar-refractivity contribution in [2.45, 2.75) is 62.8 Å². The van der Waals surface area contributed by atoms with Crippen LogP contribution in [0.1, 0.15) is 56.9 Å². The van der Waals surface area contributed by atoms with Gasteiger partial charge in [-0.15, -0.1) is 34.0 Å². The zero-order chi connectivity index (χ0) is 13.6. The monoisotopic (exact) mass is 420 g/mol. The number of unbranched alkanes of at least 4 members (excludes halogenated alkanes) is 1. The molecule has 0 aliphatic heterocycles. The van der Waals surface area contributed by atoms with Crippen LogP contribution in [0.5, 0.6) is 0 Å². The van der Waals surface area contributed by atoms with Crippen molar-refractivity contribution in [3.63, 3.8) is 0 Å². The predicted octanol–water partition coefficient (Wildman–Crippen LogP) is 4.50. The number of hydrogen-bond acceptors (Lipinski definition) is 2. The molecular weight excluding hydrogens is 392 g/mol. The summed E-state index contributed by atoms with van der Waals surface area (Å²) < 4.78 is 0. The number of halogens is 2. The molecule has 0 heterocycles. The fourth-order valence-corrected chi connectivity index (χ4v) is 3.61. The van der Waals surface area contributed by atoms with Gasteiger partial charge in [-0.3, -0.25) is 0 Å². The van der Waals surface area contributed by atoms with Gasteiger partial charge in [-0.2, -0.15) is 0 Å². The summed E-state index contributed by atoms with van der Waals surface area (Å²) in [6.45, 7) is 0.783. The average Bonchev–Trinajstić information content (AvgIpc) is 2.49. The summed E-state index contributed by atoms with van der Waals surface area (Å²) in [4.78, 5) is 0. The lowest BCUT2D eigenvalue weighted by Crippen LogP contribution is -2.46. The topological polar surface area (TPSA) is 52.0 Å². The zero-order valence-electron chi connectivity index (χ0n) is 12.8. The highest BCUT2D eigenvalue weighted by molar-refractivity contribution is 8.93. The van der Waals surface area contributed by atoms with Crippen molar-refractivity contribution in [3.8, 4) is 0 Å². The quantitative estimate of drug-likeness (QED) is 0.664. The van der Waals surface area contributed by atoms with Crippen molar-refractivity contribution in [2.75, 3.05) is 6.54 Å². The van der Waals surface area contributed by atoms with Gasteiger partial charge in [0, 0.05) is 11.5 Å². The third-order valence-electron chi connectivity index (χ3n) is 4.77. The van der Waals surface area contributed by atoms with E-state index in [0.717, 1.165) is 25.8 Å². The second-order valence-corrected chi connectivity index (χ2v) is 5.97. The number of hydrogen-bond donors (Lipinski definition) is 2. The summed E-state index contributed by atoms with van der Waals surface area (Å²) in [6, 6.07) is 11.2. The van der Waals surface area contributed by atoms with E-state index in [2.05, 4.69) is 30.3 Å². The Kier molecular flexibility index (Phi) is 10.8. The van der Waals surface area contributed by atoms with Gasteiger partial charge in [0.05, 0.1) is 0 Å². The van der Waals surface area contributed by atoms with E-state index in [4.69, 9.17) is 11.5 Å². The molecule has 2 nitrogen and oxygen atoms in total. The molecule has 4 heteroatoms. The Morgan fingerprint density at radius 1 is 0.952 bits per heavy atom. The van der Waals surface area contributed by atoms with Crippen molar-refractivity contribution in [3.05, 3.63) is 35.9 Å². The lowest BCUT2D eigenvalue weighted by Gasteiger charge is -2.43. The molecule has 1 aromatic rings. The Morgan fingerprint density at radius 2 is 1.57 bits per heavy atom. The Bertz CT molecular complexity index is 364. The standard InChI is InChI=1S/C17H28N2.2BrH/c18-14-8-5-11-16(19)17(12-6-2-7-13-17)15-9-3-1-4-10-15;;/h1,3-4,9-10,16H,2,5-8,11-14,18-19H2;2*1H. The molecule has 2 rings (SSSR count). The molecule has 1 aliphatic carbocycles. The van der Waals surface area contributed by atoms with Crippen LogP contribution in [-0.2, 0) is 5.41 Å². The van der Waals surface area contributed by atoms with Gasteiger partial charge in [0.2, 0.25) is 0 Å². The molecule has 0 radical (unpaired) electrons. The van der Waals surface area contributed by atoms with Gasteiger partial charge < -0.3 is 11.5 Å². The van der Waals surface area contributed by atoms with E-state index in [0.29, 0.717) is 0 Å². The van der Waals surface area contributed by atoms with Gasteiger partial charge in [-0.05, 0) is 37.8 Å². The summed E-state index contributed by atoms with van der Waals surface area (Å²) in [5.74, 6) is 0. The van der Waals surface area contributed by atoms with Crippen LogP contribution in [0.2, 0.25) is 0 Å². The van der Waals surface area contributed by atoms with E-state index < -0.39 is 0 Å². The Balaban J connectivity index is 0.00000200. The fraction of sp³-hybridized carbons (Fsp3) is 0.647. The second-order valence-electron chi connectivity index (χ2n) is 5.97. The molecule has 21 heavy (non-hydrogen) atoms.